The molecule has 0 saturated heterocycles. The second-order valence-corrected chi connectivity index (χ2v) is 4.59. The third kappa shape index (κ3) is 3.72. The first-order valence-electron chi connectivity index (χ1n) is 6.14. The molecule has 0 aliphatic carbocycles. The molecule has 100 valence electrons. The Hall–Kier alpha value is -1.52. The highest BCUT2D eigenvalue weighted by atomic mass is 35.5. The van der Waals surface area contributed by atoms with Gasteiger partial charge in [-0.25, -0.2) is 14.4 Å². The van der Waals surface area contributed by atoms with Crippen LogP contribution in [0.5, 0.6) is 0 Å². The zero-order chi connectivity index (χ0) is 13.7. The zero-order valence-corrected chi connectivity index (χ0v) is 11.4. The van der Waals surface area contributed by atoms with Gasteiger partial charge < -0.3 is 5.32 Å². The number of aromatic nitrogens is 2. The van der Waals surface area contributed by atoms with Crippen molar-refractivity contribution in [2.24, 2.45) is 0 Å². The largest absolute Gasteiger partial charge is 0.309 e. The van der Waals surface area contributed by atoms with E-state index in [1.165, 1.54) is 18.5 Å². The summed E-state index contributed by atoms with van der Waals surface area (Å²) in [5, 5.41) is 3.89. The van der Waals surface area contributed by atoms with Crippen LogP contribution in [0.4, 0.5) is 4.39 Å². The molecular formula is C14H15ClFN3. The number of likely N-dealkylation sites (N-methyl/N-ethyl adjacent to an activating group) is 1. The summed E-state index contributed by atoms with van der Waals surface area (Å²) in [7, 11) is 0. The summed E-state index contributed by atoms with van der Waals surface area (Å²) in [4.78, 5) is 8.14. The van der Waals surface area contributed by atoms with Crippen molar-refractivity contribution < 1.29 is 4.39 Å². The minimum Gasteiger partial charge on any atom is -0.309 e. The topological polar surface area (TPSA) is 37.8 Å². The maximum Gasteiger partial charge on any atom is 0.123 e. The van der Waals surface area contributed by atoms with E-state index in [-0.39, 0.29) is 11.9 Å². The summed E-state index contributed by atoms with van der Waals surface area (Å²) in [5.74, 6) is -0.280. The molecule has 2 rings (SSSR count). The van der Waals surface area contributed by atoms with E-state index in [0.29, 0.717) is 11.4 Å². The average Bonchev–Trinajstić information content (AvgIpc) is 2.43. The highest BCUT2D eigenvalue weighted by Gasteiger charge is 2.14. The number of rotatable bonds is 5. The molecule has 1 atom stereocenters. The summed E-state index contributed by atoms with van der Waals surface area (Å²) in [6.07, 6.45) is 3.79. The summed E-state index contributed by atoms with van der Waals surface area (Å²) in [6.45, 7) is 2.81. The Balaban J connectivity index is 2.24. The van der Waals surface area contributed by atoms with Gasteiger partial charge in [0.1, 0.15) is 12.1 Å². The predicted molar refractivity (Wildman–Crippen MR) is 73.6 cm³/mol. The molecule has 0 bridgehead atoms. The molecule has 0 spiro atoms. The summed E-state index contributed by atoms with van der Waals surface area (Å²) in [5.41, 5.74) is 1.64. The first-order valence-corrected chi connectivity index (χ1v) is 6.51. The van der Waals surface area contributed by atoms with Crippen LogP contribution in [0.3, 0.4) is 0 Å². The van der Waals surface area contributed by atoms with Crippen molar-refractivity contribution in [2.45, 2.75) is 19.4 Å². The van der Waals surface area contributed by atoms with Gasteiger partial charge in [-0.1, -0.05) is 18.5 Å². The highest BCUT2D eigenvalue weighted by Crippen LogP contribution is 2.23. The number of nitrogens with one attached hydrogen (secondary N) is 1. The fourth-order valence-electron chi connectivity index (χ4n) is 1.95. The van der Waals surface area contributed by atoms with Crippen molar-refractivity contribution in [1.82, 2.24) is 15.3 Å². The van der Waals surface area contributed by atoms with E-state index in [2.05, 4.69) is 15.3 Å². The Morgan fingerprint density at radius 2 is 2.21 bits per heavy atom. The van der Waals surface area contributed by atoms with Gasteiger partial charge in [-0.05, 0) is 42.8 Å². The maximum atomic E-state index is 13.3. The smallest absolute Gasteiger partial charge is 0.123 e. The summed E-state index contributed by atoms with van der Waals surface area (Å²) >= 11 is 6.10. The van der Waals surface area contributed by atoms with Crippen molar-refractivity contribution in [2.75, 3.05) is 6.54 Å². The molecule has 0 amide bonds. The van der Waals surface area contributed by atoms with Gasteiger partial charge in [-0.2, -0.15) is 0 Å². The maximum absolute atomic E-state index is 13.3. The molecule has 2 aromatic rings. The lowest BCUT2D eigenvalue weighted by atomic mass is 10.0. The molecule has 1 aromatic heterocycles. The molecule has 1 N–H and O–H groups in total. The van der Waals surface area contributed by atoms with Crippen LogP contribution in [-0.4, -0.2) is 16.5 Å². The quantitative estimate of drug-likeness (QED) is 0.914. The normalized spacial score (nSPS) is 12.4. The summed E-state index contributed by atoms with van der Waals surface area (Å²) < 4.78 is 13.3. The molecule has 0 radical (unpaired) electrons. The molecule has 5 heteroatoms. The van der Waals surface area contributed by atoms with Crippen molar-refractivity contribution in [3.63, 3.8) is 0 Å². The van der Waals surface area contributed by atoms with E-state index in [4.69, 9.17) is 11.6 Å². The molecule has 1 aromatic carbocycles. The Labute approximate surface area is 116 Å². The van der Waals surface area contributed by atoms with Crippen LogP contribution in [0.1, 0.15) is 24.2 Å². The molecular weight excluding hydrogens is 265 g/mol. The van der Waals surface area contributed by atoms with Crippen LogP contribution in [-0.2, 0) is 6.42 Å². The van der Waals surface area contributed by atoms with Crippen LogP contribution >= 0.6 is 11.6 Å². The zero-order valence-electron chi connectivity index (χ0n) is 10.6. The van der Waals surface area contributed by atoms with Crippen LogP contribution < -0.4 is 5.32 Å². The van der Waals surface area contributed by atoms with Crippen molar-refractivity contribution in [3.05, 3.63) is 58.9 Å². The first-order chi connectivity index (χ1) is 9.20. The lowest BCUT2D eigenvalue weighted by molar-refractivity contribution is 0.533. The number of hydrogen-bond donors (Lipinski definition) is 1. The van der Waals surface area contributed by atoms with E-state index >= 15 is 0 Å². The molecule has 19 heavy (non-hydrogen) atoms. The van der Waals surface area contributed by atoms with E-state index in [1.54, 1.807) is 12.3 Å². The third-order valence-corrected chi connectivity index (χ3v) is 3.21. The van der Waals surface area contributed by atoms with Gasteiger partial charge >= 0.3 is 0 Å². The van der Waals surface area contributed by atoms with E-state index in [9.17, 15) is 4.39 Å². The molecule has 0 aliphatic rings. The number of nitrogens with zero attached hydrogens (tertiary/aromatic N) is 2. The van der Waals surface area contributed by atoms with E-state index < -0.39 is 0 Å². The molecule has 1 heterocycles. The standard InChI is InChI=1S/C14H15ClFN3/c1-2-18-14(13-5-6-17-9-19-13)8-10-7-11(16)3-4-12(10)15/h3-7,9,14,18H,2,8H2,1H3. The third-order valence-electron chi connectivity index (χ3n) is 2.84. The van der Waals surface area contributed by atoms with Gasteiger partial charge in [-0.3, -0.25) is 0 Å². The summed E-state index contributed by atoms with van der Waals surface area (Å²) in [6, 6.07) is 6.25. The SMILES string of the molecule is CCNC(Cc1cc(F)ccc1Cl)c1ccncn1. The molecule has 0 aliphatic heterocycles. The fourth-order valence-corrected chi connectivity index (χ4v) is 2.15. The van der Waals surface area contributed by atoms with Crippen LogP contribution in [0, 0.1) is 5.82 Å². The average molecular weight is 280 g/mol. The van der Waals surface area contributed by atoms with Gasteiger partial charge in [-0.15, -0.1) is 0 Å². The van der Waals surface area contributed by atoms with Crippen molar-refractivity contribution in [1.29, 1.82) is 0 Å². The van der Waals surface area contributed by atoms with Crippen LogP contribution in [0.2, 0.25) is 5.02 Å². The van der Waals surface area contributed by atoms with Crippen molar-refractivity contribution >= 4 is 11.6 Å². The Morgan fingerprint density at radius 1 is 1.37 bits per heavy atom. The van der Waals surface area contributed by atoms with Gasteiger partial charge in [0.2, 0.25) is 0 Å². The van der Waals surface area contributed by atoms with Gasteiger partial charge in [0, 0.05) is 11.2 Å². The number of hydrogen-bond acceptors (Lipinski definition) is 3. The monoisotopic (exact) mass is 279 g/mol. The number of benzene rings is 1. The van der Waals surface area contributed by atoms with Gasteiger partial charge in [0.15, 0.2) is 0 Å². The van der Waals surface area contributed by atoms with Gasteiger partial charge in [0.25, 0.3) is 0 Å². The van der Waals surface area contributed by atoms with Crippen LogP contribution in [0.25, 0.3) is 0 Å². The first kappa shape index (κ1) is 13.9. The van der Waals surface area contributed by atoms with Gasteiger partial charge in [0.05, 0.1) is 11.7 Å². The minimum absolute atomic E-state index is 0.00713. The van der Waals surface area contributed by atoms with E-state index in [1.807, 2.05) is 13.0 Å². The van der Waals surface area contributed by atoms with E-state index in [0.717, 1.165) is 17.8 Å². The highest BCUT2D eigenvalue weighted by molar-refractivity contribution is 6.31. The Bertz CT molecular complexity index is 533. The molecule has 3 nitrogen and oxygen atoms in total. The van der Waals surface area contributed by atoms with Crippen LogP contribution in [0.15, 0.2) is 36.8 Å². The minimum atomic E-state index is -0.280. The second-order valence-electron chi connectivity index (χ2n) is 4.18. The lowest BCUT2D eigenvalue weighted by Crippen LogP contribution is -2.24. The Kier molecular flexibility index (Phi) is 4.82. The fraction of sp³-hybridized carbons (Fsp3) is 0.286. The molecule has 1 unspecified atom stereocenters. The van der Waals surface area contributed by atoms with Crippen molar-refractivity contribution in [3.8, 4) is 0 Å². The lowest BCUT2D eigenvalue weighted by Gasteiger charge is -2.18. The predicted octanol–water partition coefficient (Wildman–Crippen LogP) is 3.16. The molecule has 0 fully saturated rings. The molecule has 0 saturated carbocycles. The Morgan fingerprint density at radius 3 is 2.89 bits per heavy atom. The number of halogens is 2. The second kappa shape index (κ2) is 6.59.